The van der Waals surface area contributed by atoms with Gasteiger partial charge in [0.25, 0.3) is 0 Å². The van der Waals surface area contributed by atoms with Crippen LogP contribution in [0, 0.1) is 0 Å². The largest absolute Gasteiger partial charge is 0.481 e. The molecule has 1 atom stereocenters. The predicted octanol–water partition coefficient (Wildman–Crippen LogP) is 1.59. The van der Waals surface area contributed by atoms with Crippen LogP contribution >= 0.6 is 0 Å². The third-order valence-electron chi connectivity index (χ3n) is 2.74. The summed E-state index contributed by atoms with van der Waals surface area (Å²) >= 11 is 0. The van der Waals surface area contributed by atoms with E-state index in [0.717, 1.165) is 0 Å². The van der Waals surface area contributed by atoms with Crippen molar-refractivity contribution in [2.75, 3.05) is 0 Å². The molecular formula is C14H12O5. The summed E-state index contributed by atoms with van der Waals surface area (Å²) in [5, 5.41) is 8.64. The van der Waals surface area contributed by atoms with E-state index >= 15 is 0 Å². The Labute approximate surface area is 109 Å². The first kappa shape index (κ1) is 13.0. The van der Waals surface area contributed by atoms with E-state index < -0.39 is 18.0 Å². The van der Waals surface area contributed by atoms with E-state index in [0.29, 0.717) is 5.56 Å². The van der Waals surface area contributed by atoms with E-state index in [1.807, 2.05) is 0 Å². The van der Waals surface area contributed by atoms with Gasteiger partial charge in [-0.1, -0.05) is 18.2 Å². The van der Waals surface area contributed by atoms with Crippen molar-refractivity contribution < 1.29 is 24.2 Å². The second-order valence-corrected chi connectivity index (χ2v) is 4.20. The first-order chi connectivity index (χ1) is 9.06. The van der Waals surface area contributed by atoms with Crippen LogP contribution in [0.2, 0.25) is 0 Å². The van der Waals surface area contributed by atoms with Crippen LogP contribution in [0.3, 0.4) is 0 Å². The summed E-state index contributed by atoms with van der Waals surface area (Å²) in [6, 6.07) is 8.42. The van der Waals surface area contributed by atoms with Gasteiger partial charge >= 0.3 is 11.9 Å². The molecule has 19 heavy (non-hydrogen) atoms. The molecule has 1 aliphatic rings. The third-order valence-corrected chi connectivity index (χ3v) is 2.74. The zero-order valence-electron chi connectivity index (χ0n) is 10.0. The summed E-state index contributed by atoms with van der Waals surface area (Å²) in [5.74, 6) is -1.88. The molecule has 0 saturated carbocycles. The van der Waals surface area contributed by atoms with Crippen molar-refractivity contribution in [3.63, 3.8) is 0 Å². The fraction of sp³-hybridized carbons (Fsp3) is 0.214. The SMILES string of the molecule is O=C(O)CC1=C[C@H](OC(=O)c2ccccc2)CC1=O. The van der Waals surface area contributed by atoms with Crippen molar-refractivity contribution in [2.24, 2.45) is 0 Å². The van der Waals surface area contributed by atoms with Gasteiger partial charge in [-0.25, -0.2) is 4.79 Å². The molecule has 1 aromatic carbocycles. The summed E-state index contributed by atoms with van der Waals surface area (Å²) in [6.45, 7) is 0. The molecule has 0 radical (unpaired) electrons. The Bertz CT molecular complexity index is 544. The number of carboxylic acids is 1. The molecule has 0 fully saturated rings. The summed E-state index contributed by atoms with van der Waals surface area (Å²) in [4.78, 5) is 33.8. The molecule has 0 saturated heterocycles. The van der Waals surface area contributed by atoms with Gasteiger partial charge in [0.2, 0.25) is 0 Å². The Balaban J connectivity index is 2.01. The molecule has 0 heterocycles. The maximum Gasteiger partial charge on any atom is 0.338 e. The normalized spacial score (nSPS) is 18.0. The number of Topliss-reactive ketones (excluding diaryl/α,β-unsaturated/α-hetero) is 1. The maximum atomic E-state index is 11.8. The number of ether oxygens (including phenoxy) is 1. The minimum absolute atomic E-state index is 0.0151. The van der Waals surface area contributed by atoms with E-state index in [1.54, 1.807) is 30.3 Å². The van der Waals surface area contributed by atoms with Crippen molar-refractivity contribution in [3.05, 3.63) is 47.5 Å². The fourth-order valence-electron chi connectivity index (χ4n) is 1.87. The number of carbonyl (C=O) groups is 3. The van der Waals surface area contributed by atoms with Gasteiger partial charge in [-0.2, -0.15) is 0 Å². The Morgan fingerprint density at radius 3 is 2.58 bits per heavy atom. The Morgan fingerprint density at radius 2 is 1.95 bits per heavy atom. The van der Waals surface area contributed by atoms with Crippen LogP contribution in [-0.2, 0) is 14.3 Å². The van der Waals surface area contributed by atoms with Crippen molar-refractivity contribution in [1.29, 1.82) is 0 Å². The van der Waals surface area contributed by atoms with Gasteiger partial charge in [-0.3, -0.25) is 9.59 Å². The second kappa shape index (κ2) is 5.48. The molecule has 1 N–H and O–H groups in total. The van der Waals surface area contributed by atoms with Gasteiger partial charge in [0.15, 0.2) is 5.78 Å². The van der Waals surface area contributed by atoms with E-state index in [2.05, 4.69) is 0 Å². The van der Waals surface area contributed by atoms with Crippen LogP contribution in [0.25, 0.3) is 0 Å². The number of ketones is 1. The molecule has 0 bridgehead atoms. The second-order valence-electron chi connectivity index (χ2n) is 4.20. The summed E-state index contributed by atoms with van der Waals surface area (Å²) in [7, 11) is 0. The molecule has 0 aromatic heterocycles. The van der Waals surface area contributed by atoms with E-state index in [9.17, 15) is 14.4 Å². The number of rotatable bonds is 4. The summed E-state index contributed by atoms with van der Waals surface area (Å²) in [5.41, 5.74) is 0.591. The highest BCUT2D eigenvalue weighted by Crippen LogP contribution is 2.21. The van der Waals surface area contributed by atoms with Crippen LogP contribution < -0.4 is 0 Å². The minimum atomic E-state index is -1.07. The van der Waals surface area contributed by atoms with Crippen LogP contribution in [0.1, 0.15) is 23.2 Å². The molecule has 0 amide bonds. The Hall–Kier alpha value is -2.43. The van der Waals surface area contributed by atoms with E-state index in [1.165, 1.54) is 6.08 Å². The number of esters is 1. The average Bonchev–Trinajstić information content (AvgIpc) is 2.70. The first-order valence-electron chi connectivity index (χ1n) is 5.78. The first-order valence-corrected chi connectivity index (χ1v) is 5.78. The molecular weight excluding hydrogens is 248 g/mol. The van der Waals surface area contributed by atoms with Gasteiger partial charge in [-0.05, 0) is 18.2 Å². The van der Waals surface area contributed by atoms with Crippen LogP contribution in [0.15, 0.2) is 42.0 Å². The van der Waals surface area contributed by atoms with E-state index in [4.69, 9.17) is 9.84 Å². The highest BCUT2D eigenvalue weighted by molar-refractivity contribution is 6.02. The number of carboxylic acid groups (broad SMARTS) is 1. The lowest BCUT2D eigenvalue weighted by atomic mass is 10.1. The maximum absolute atomic E-state index is 11.8. The number of hydrogen-bond acceptors (Lipinski definition) is 4. The Kier molecular flexibility index (Phi) is 3.75. The molecule has 5 heteroatoms. The molecule has 0 unspecified atom stereocenters. The molecule has 1 aliphatic carbocycles. The van der Waals surface area contributed by atoms with Crippen molar-refractivity contribution in [1.82, 2.24) is 0 Å². The summed E-state index contributed by atoms with van der Waals surface area (Å²) < 4.78 is 5.15. The van der Waals surface area contributed by atoms with Crippen molar-refractivity contribution >= 4 is 17.7 Å². The lowest BCUT2D eigenvalue weighted by Gasteiger charge is -2.08. The zero-order chi connectivity index (χ0) is 13.8. The molecule has 2 rings (SSSR count). The van der Waals surface area contributed by atoms with E-state index in [-0.39, 0.29) is 24.2 Å². The topological polar surface area (TPSA) is 80.7 Å². The van der Waals surface area contributed by atoms with Gasteiger partial charge in [0.1, 0.15) is 6.10 Å². The highest BCUT2D eigenvalue weighted by Gasteiger charge is 2.28. The quantitative estimate of drug-likeness (QED) is 0.831. The zero-order valence-corrected chi connectivity index (χ0v) is 10.0. The smallest absolute Gasteiger partial charge is 0.338 e. The molecule has 0 spiro atoms. The highest BCUT2D eigenvalue weighted by atomic mass is 16.5. The van der Waals surface area contributed by atoms with Crippen LogP contribution in [0.4, 0.5) is 0 Å². The fourth-order valence-corrected chi connectivity index (χ4v) is 1.87. The van der Waals surface area contributed by atoms with Gasteiger partial charge in [0.05, 0.1) is 18.4 Å². The van der Waals surface area contributed by atoms with Crippen molar-refractivity contribution in [2.45, 2.75) is 18.9 Å². The summed E-state index contributed by atoms with van der Waals surface area (Å²) in [6.07, 6.45) is 0.422. The Morgan fingerprint density at radius 1 is 1.26 bits per heavy atom. The molecule has 5 nitrogen and oxygen atoms in total. The number of carbonyl (C=O) groups excluding carboxylic acids is 2. The number of aliphatic carboxylic acids is 1. The minimum Gasteiger partial charge on any atom is -0.481 e. The lowest BCUT2D eigenvalue weighted by Crippen LogP contribution is -2.15. The molecule has 98 valence electrons. The number of benzene rings is 1. The molecule has 1 aromatic rings. The van der Waals surface area contributed by atoms with Gasteiger partial charge in [-0.15, -0.1) is 0 Å². The van der Waals surface area contributed by atoms with Crippen molar-refractivity contribution in [3.8, 4) is 0 Å². The lowest BCUT2D eigenvalue weighted by molar-refractivity contribution is -0.136. The standard InChI is InChI=1S/C14H12O5/c15-12-8-11(6-10(12)7-13(16)17)19-14(18)9-4-2-1-3-5-9/h1-6,11H,7-8H2,(H,16,17)/t11-/m0/s1. The predicted molar refractivity (Wildman–Crippen MR) is 65.6 cm³/mol. The van der Waals surface area contributed by atoms with Gasteiger partial charge < -0.3 is 9.84 Å². The molecule has 0 aliphatic heterocycles. The van der Waals surface area contributed by atoms with Crippen LogP contribution in [0.5, 0.6) is 0 Å². The average molecular weight is 260 g/mol. The van der Waals surface area contributed by atoms with Crippen LogP contribution in [-0.4, -0.2) is 28.9 Å². The van der Waals surface area contributed by atoms with Gasteiger partial charge in [0, 0.05) is 5.57 Å². The third kappa shape index (κ3) is 3.28. The number of hydrogen-bond donors (Lipinski definition) is 1. The monoisotopic (exact) mass is 260 g/mol.